The number of primary amides is 1. The molecule has 0 radical (unpaired) electrons. The number of hydrogen-bond donors (Lipinski definition) is 2. The predicted octanol–water partition coefficient (Wildman–Crippen LogP) is 2.51. The van der Waals surface area contributed by atoms with Gasteiger partial charge >= 0.3 is 0 Å². The number of thiazole rings is 1. The normalized spacial score (nSPS) is 16.5. The van der Waals surface area contributed by atoms with Gasteiger partial charge in [-0.15, -0.1) is 11.3 Å². The number of aromatic nitrogens is 1. The first kappa shape index (κ1) is 22.8. The summed E-state index contributed by atoms with van der Waals surface area (Å²) >= 11 is 1.39. The molecule has 2 amide bonds. The van der Waals surface area contributed by atoms with Crippen molar-refractivity contribution in [3.63, 3.8) is 0 Å². The molecule has 168 valence electrons. The van der Waals surface area contributed by atoms with Gasteiger partial charge in [-0.3, -0.25) is 19.8 Å². The van der Waals surface area contributed by atoms with Crippen molar-refractivity contribution < 1.29 is 23.8 Å². The standard InChI is InChI=1S/C21H28N4O5S/c1-13-5-4-6-25(9-13)10-15-12-31-21(23-15)24-20(27)14-7-16(28-2)19(17(8-14)29-3)30-11-18(22)26/h7-8,12-13H,4-6,9-11H2,1-3H3,(H2,22,26)(H,23,24,27)/t13-/m0/s1. The van der Waals surface area contributed by atoms with E-state index in [4.69, 9.17) is 19.9 Å². The molecule has 31 heavy (non-hydrogen) atoms. The van der Waals surface area contributed by atoms with Crippen LogP contribution in [0.25, 0.3) is 0 Å². The van der Waals surface area contributed by atoms with Crippen LogP contribution < -0.4 is 25.3 Å². The molecule has 0 spiro atoms. The second-order valence-corrected chi connectivity index (χ2v) is 8.40. The molecule has 0 unspecified atom stereocenters. The fourth-order valence-electron chi connectivity index (χ4n) is 3.56. The number of rotatable bonds is 9. The topological polar surface area (TPSA) is 116 Å². The fraction of sp³-hybridized carbons (Fsp3) is 0.476. The van der Waals surface area contributed by atoms with Crippen LogP contribution in [-0.4, -0.2) is 55.6 Å². The lowest BCUT2D eigenvalue weighted by atomic mass is 10.0. The molecule has 1 aromatic heterocycles. The number of likely N-dealkylation sites (tertiary alicyclic amines) is 1. The Morgan fingerprint density at radius 2 is 2.00 bits per heavy atom. The molecule has 0 saturated carbocycles. The summed E-state index contributed by atoms with van der Waals surface area (Å²) in [6.07, 6.45) is 2.48. The summed E-state index contributed by atoms with van der Waals surface area (Å²) in [6, 6.07) is 3.02. The second-order valence-electron chi connectivity index (χ2n) is 7.55. The minimum Gasteiger partial charge on any atom is -0.493 e. The molecule has 3 N–H and O–H groups in total. The fourth-order valence-corrected chi connectivity index (χ4v) is 4.26. The highest BCUT2D eigenvalue weighted by atomic mass is 32.1. The van der Waals surface area contributed by atoms with Crippen LogP contribution in [0.15, 0.2) is 17.5 Å². The monoisotopic (exact) mass is 448 g/mol. The Labute approximate surface area is 185 Å². The van der Waals surface area contributed by atoms with Crippen LogP contribution in [-0.2, 0) is 11.3 Å². The zero-order chi connectivity index (χ0) is 22.4. The average Bonchev–Trinajstić information content (AvgIpc) is 3.17. The number of amides is 2. The molecular formula is C21H28N4O5S. The molecule has 2 heterocycles. The number of benzene rings is 1. The molecule has 1 fully saturated rings. The summed E-state index contributed by atoms with van der Waals surface area (Å²) in [5, 5.41) is 5.31. The van der Waals surface area contributed by atoms with Crippen molar-refractivity contribution in [3.8, 4) is 17.2 Å². The number of hydrogen-bond acceptors (Lipinski definition) is 8. The number of carbonyl (C=O) groups excluding carboxylic acids is 2. The number of methoxy groups -OCH3 is 2. The molecule has 1 aromatic carbocycles. The van der Waals surface area contributed by atoms with Gasteiger partial charge in [0.15, 0.2) is 23.2 Å². The van der Waals surface area contributed by atoms with Crippen LogP contribution in [0.3, 0.4) is 0 Å². The van der Waals surface area contributed by atoms with E-state index in [9.17, 15) is 9.59 Å². The van der Waals surface area contributed by atoms with E-state index >= 15 is 0 Å². The number of carbonyl (C=O) groups is 2. The molecule has 2 aromatic rings. The van der Waals surface area contributed by atoms with Gasteiger partial charge in [0, 0.05) is 24.0 Å². The molecule has 9 nitrogen and oxygen atoms in total. The van der Waals surface area contributed by atoms with E-state index in [0.717, 1.165) is 25.3 Å². The molecule has 1 atom stereocenters. The van der Waals surface area contributed by atoms with Crippen molar-refractivity contribution in [2.45, 2.75) is 26.3 Å². The van der Waals surface area contributed by atoms with Crippen LogP contribution in [0.2, 0.25) is 0 Å². The van der Waals surface area contributed by atoms with Crippen molar-refractivity contribution in [2.24, 2.45) is 11.7 Å². The Morgan fingerprint density at radius 1 is 1.29 bits per heavy atom. The largest absolute Gasteiger partial charge is 0.493 e. The molecular weight excluding hydrogens is 420 g/mol. The van der Waals surface area contributed by atoms with Crippen molar-refractivity contribution >= 4 is 28.3 Å². The third-order valence-electron chi connectivity index (χ3n) is 4.98. The number of piperidine rings is 1. The van der Waals surface area contributed by atoms with E-state index in [0.29, 0.717) is 16.6 Å². The van der Waals surface area contributed by atoms with Gasteiger partial charge in [0.1, 0.15) is 0 Å². The second kappa shape index (κ2) is 10.5. The number of nitrogens with zero attached hydrogens (tertiary/aromatic N) is 2. The molecule has 0 bridgehead atoms. The first-order chi connectivity index (χ1) is 14.9. The summed E-state index contributed by atoms with van der Waals surface area (Å²) in [5.74, 6) is 0.420. The van der Waals surface area contributed by atoms with Crippen LogP contribution in [0.5, 0.6) is 17.2 Å². The van der Waals surface area contributed by atoms with Gasteiger partial charge in [-0.05, 0) is 37.4 Å². The number of ether oxygens (including phenoxy) is 3. The molecule has 1 saturated heterocycles. The molecule has 10 heteroatoms. The van der Waals surface area contributed by atoms with Crippen LogP contribution in [0.4, 0.5) is 5.13 Å². The lowest BCUT2D eigenvalue weighted by Crippen LogP contribution is -2.33. The lowest BCUT2D eigenvalue weighted by Gasteiger charge is -2.30. The Bertz CT molecular complexity index is 907. The number of anilines is 1. The van der Waals surface area contributed by atoms with Crippen molar-refractivity contribution in [1.82, 2.24) is 9.88 Å². The number of nitrogens with two attached hydrogens (primary N) is 1. The average molecular weight is 449 g/mol. The molecule has 3 rings (SSSR count). The van der Waals surface area contributed by atoms with E-state index in [1.807, 2.05) is 5.38 Å². The van der Waals surface area contributed by atoms with Gasteiger partial charge in [-0.25, -0.2) is 4.98 Å². The van der Waals surface area contributed by atoms with E-state index < -0.39 is 5.91 Å². The minimum absolute atomic E-state index is 0.202. The van der Waals surface area contributed by atoms with Gasteiger partial charge in [0.05, 0.1) is 19.9 Å². The summed E-state index contributed by atoms with van der Waals surface area (Å²) in [5.41, 5.74) is 6.39. The first-order valence-corrected chi connectivity index (χ1v) is 10.9. The highest BCUT2D eigenvalue weighted by molar-refractivity contribution is 7.14. The summed E-state index contributed by atoms with van der Waals surface area (Å²) in [7, 11) is 2.87. The van der Waals surface area contributed by atoms with Gasteiger partial charge < -0.3 is 19.9 Å². The Balaban J connectivity index is 1.70. The minimum atomic E-state index is -0.635. The van der Waals surface area contributed by atoms with E-state index in [-0.39, 0.29) is 29.8 Å². The zero-order valence-corrected chi connectivity index (χ0v) is 18.8. The van der Waals surface area contributed by atoms with Gasteiger partial charge in [0.25, 0.3) is 11.8 Å². The molecule has 1 aliphatic heterocycles. The Morgan fingerprint density at radius 3 is 2.61 bits per heavy atom. The maximum absolute atomic E-state index is 12.8. The first-order valence-electron chi connectivity index (χ1n) is 10.0. The summed E-state index contributed by atoms with van der Waals surface area (Å²) in [4.78, 5) is 30.8. The Hall–Kier alpha value is -2.85. The lowest BCUT2D eigenvalue weighted by molar-refractivity contribution is -0.120. The maximum atomic E-state index is 12.8. The predicted molar refractivity (Wildman–Crippen MR) is 118 cm³/mol. The molecule has 0 aliphatic carbocycles. The SMILES string of the molecule is COc1cc(C(=O)Nc2nc(CN3CCC[C@H](C)C3)cs2)cc(OC)c1OCC(N)=O. The summed E-state index contributed by atoms with van der Waals surface area (Å²) in [6.45, 7) is 4.86. The van der Waals surface area contributed by atoms with Crippen LogP contribution in [0.1, 0.15) is 35.8 Å². The number of nitrogens with one attached hydrogen (secondary N) is 1. The molecule has 1 aliphatic rings. The van der Waals surface area contributed by atoms with Gasteiger partial charge in [-0.1, -0.05) is 6.92 Å². The van der Waals surface area contributed by atoms with Crippen molar-refractivity contribution in [1.29, 1.82) is 0 Å². The Kier molecular flexibility index (Phi) is 7.69. The summed E-state index contributed by atoms with van der Waals surface area (Å²) < 4.78 is 16.0. The zero-order valence-electron chi connectivity index (χ0n) is 18.0. The smallest absolute Gasteiger partial charge is 0.257 e. The van der Waals surface area contributed by atoms with Crippen LogP contribution >= 0.6 is 11.3 Å². The highest BCUT2D eigenvalue weighted by Crippen LogP contribution is 2.38. The third-order valence-corrected chi connectivity index (χ3v) is 5.79. The third kappa shape index (κ3) is 6.08. The van der Waals surface area contributed by atoms with E-state index in [2.05, 4.69) is 22.1 Å². The van der Waals surface area contributed by atoms with Gasteiger partial charge in [0.2, 0.25) is 5.75 Å². The van der Waals surface area contributed by atoms with Crippen LogP contribution in [0, 0.1) is 5.92 Å². The maximum Gasteiger partial charge on any atom is 0.257 e. The van der Waals surface area contributed by atoms with Crippen molar-refractivity contribution in [2.75, 3.05) is 39.2 Å². The van der Waals surface area contributed by atoms with Gasteiger partial charge in [-0.2, -0.15) is 0 Å². The van der Waals surface area contributed by atoms with Crippen molar-refractivity contribution in [3.05, 3.63) is 28.8 Å². The highest BCUT2D eigenvalue weighted by Gasteiger charge is 2.20. The van der Waals surface area contributed by atoms with E-state index in [1.54, 1.807) is 0 Å². The quantitative estimate of drug-likeness (QED) is 0.605. The van der Waals surface area contributed by atoms with E-state index in [1.165, 1.54) is 50.5 Å².